The van der Waals surface area contributed by atoms with Crippen molar-refractivity contribution in [2.45, 2.75) is 26.9 Å². The average Bonchev–Trinajstić information content (AvgIpc) is 2.70. The van der Waals surface area contributed by atoms with Crippen LogP contribution in [0.2, 0.25) is 5.02 Å². The predicted molar refractivity (Wildman–Crippen MR) is 85.8 cm³/mol. The maximum absolute atomic E-state index is 6.03. The highest BCUT2D eigenvalue weighted by molar-refractivity contribution is 6.30. The van der Waals surface area contributed by atoms with E-state index in [1.165, 1.54) is 11.3 Å². The first-order valence-electron chi connectivity index (χ1n) is 7.08. The van der Waals surface area contributed by atoms with Crippen LogP contribution >= 0.6 is 11.6 Å². The van der Waals surface area contributed by atoms with Crippen LogP contribution in [0.3, 0.4) is 0 Å². The van der Waals surface area contributed by atoms with Crippen LogP contribution in [0.4, 0.5) is 0 Å². The van der Waals surface area contributed by atoms with E-state index in [9.17, 15) is 0 Å². The summed E-state index contributed by atoms with van der Waals surface area (Å²) in [5.41, 5.74) is 4.68. The first kappa shape index (κ1) is 16.0. The van der Waals surface area contributed by atoms with Crippen molar-refractivity contribution in [3.63, 3.8) is 0 Å². The molecule has 0 saturated heterocycles. The van der Waals surface area contributed by atoms with E-state index in [-0.39, 0.29) is 0 Å². The van der Waals surface area contributed by atoms with Gasteiger partial charge in [0.05, 0.1) is 18.8 Å². The van der Waals surface area contributed by atoms with Gasteiger partial charge in [0.2, 0.25) is 0 Å². The van der Waals surface area contributed by atoms with Gasteiger partial charge in [-0.25, -0.2) is 0 Å². The number of methoxy groups -OCH3 is 1. The van der Waals surface area contributed by atoms with Crippen molar-refractivity contribution in [1.29, 1.82) is 0 Å². The summed E-state index contributed by atoms with van der Waals surface area (Å²) in [6.07, 6.45) is 0. The number of rotatable bonds is 7. The third-order valence-corrected chi connectivity index (χ3v) is 3.77. The monoisotopic (exact) mass is 307 g/mol. The van der Waals surface area contributed by atoms with Crippen molar-refractivity contribution < 1.29 is 4.74 Å². The topological polar surface area (TPSA) is 39.1 Å². The van der Waals surface area contributed by atoms with Crippen molar-refractivity contribution in [3.05, 3.63) is 51.8 Å². The molecule has 0 fully saturated rings. The number of hydrogen-bond acceptors (Lipinski definition) is 3. The van der Waals surface area contributed by atoms with Crippen LogP contribution in [0.25, 0.3) is 0 Å². The van der Waals surface area contributed by atoms with Crippen molar-refractivity contribution in [2.24, 2.45) is 0 Å². The lowest BCUT2D eigenvalue weighted by atomic mass is 10.2. The molecule has 0 saturated carbocycles. The number of ether oxygens (including phenoxy) is 1. The van der Waals surface area contributed by atoms with Crippen LogP contribution < -0.4 is 5.32 Å². The summed E-state index contributed by atoms with van der Waals surface area (Å²) in [7, 11) is 1.71. The van der Waals surface area contributed by atoms with Crippen LogP contribution in [0, 0.1) is 13.8 Å². The molecule has 2 rings (SSSR count). The van der Waals surface area contributed by atoms with Gasteiger partial charge in [-0.2, -0.15) is 5.10 Å². The Labute approximate surface area is 131 Å². The number of benzene rings is 1. The highest BCUT2D eigenvalue weighted by Gasteiger charge is 2.11. The number of hydrogen-bond donors (Lipinski definition) is 1. The Kier molecular flexibility index (Phi) is 5.79. The second-order valence-corrected chi connectivity index (χ2v) is 5.54. The van der Waals surface area contributed by atoms with Gasteiger partial charge < -0.3 is 10.1 Å². The van der Waals surface area contributed by atoms with Gasteiger partial charge >= 0.3 is 0 Å². The van der Waals surface area contributed by atoms with Gasteiger partial charge in [0.25, 0.3) is 0 Å². The Bertz CT molecular complexity index is 595. The van der Waals surface area contributed by atoms with E-state index in [2.05, 4.69) is 30.3 Å². The Morgan fingerprint density at radius 2 is 2.14 bits per heavy atom. The molecule has 0 spiro atoms. The molecule has 5 heteroatoms. The molecule has 114 valence electrons. The molecule has 0 aliphatic carbocycles. The summed E-state index contributed by atoms with van der Waals surface area (Å²) in [4.78, 5) is 0. The fourth-order valence-corrected chi connectivity index (χ4v) is 2.55. The van der Waals surface area contributed by atoms with E-state index >= 15 is 0 Å². The van der Waals surface area contributed by atoms with Crippen LogP contribution in [-0.2, 0) is 17.8 Å². The second-order valence-electron chi connectivity index (χ2n) is 5.11. The highest BCUT2D eigenvalue weighted by atomic mass is 35.5. The second kappa shape index (κ2) is 7.59. The largest absolute Gasteiger partial charge is 0.383 e. The minimum absolute atomic E-state index is 0.717. The van der Waals surface area contributed by atoms with E-state index in [0.717, 1.165) is 42.5 Å². The van der Waals surface area contributed by atoms with Crippen molar-refractivity contribution in [3.8, 4) is 0 Å². The molecule has 0 aliphatic heterocycles. The van der Waals surface area contributed by atoms with Crippen LogP contribution in [0.15, 0.2) is 24.3 Å². The fraction of sp³-hybridized carbons (Fsp3) is 0.438. The minimum Gasteiger partial charge on any atom is -0.383 e. The number of nitrogens with one attached hydrogen (secondary N) is 1. The van der Waals surface area contributed by atoms with Gasteiger partial charge in [-0.3, -0.25) is 4.68 Å². The molecular formula is C16H22ClN3O. The molecule has 0 unspecified atom stereocenters. The molecule has 0 aliphatic rings. The maximum Gasteiger partial charge on any atom is 0.0663 e. The summed E-state index contributed by atoms with van der Waals surface area (Å²) >= 11 is 6.03. The number of aryl methyl sites for hydroxylation is 1. The fourth-order valence-electron chi connectivity index (χ4n) is 2.34. The van der Waals surface area contributed by atoms with Gasteiger partial charge in [-0.15, -0.1) is 0 Å². The Hall–Kier alpha value is -1.36. The summed E-state index contributed by atoms with van der Waals surface area (Å²) < 4.78 is 7.08. The molecule has 0 amide bonds. The summed E-state index contributed by atoms with van der Waals surface area (Å²) in [6, 6.07) is 7.90. The van der Waals surface area contributed by atoms with E-state index in [4.69, 9.17) is 16.3 Å². The quantitative estimate of drug-likeness (QED) is 0.799. The molecule has 2 aromatic rings. The molecule has 1 aromatic heterocycles. The van der Waals surface area contributed by atoms with Crippen molar-refractivity contribution >= 4 is 11.6 Å². The third kappa shape index (κ3) is 4.30. The Balaban J connectivity index is 2.07. The van der Waals surface area contributed by atoms with Gasteiger partial charge in [-0.1, -0.05) is 23.7 Å². The van der Waals surface area contributed by atoms with Crippen LogP contribution in [0.1, 0.15) is 22.5 Å². The van der Waals surface area contributed by atoms with Crippen molar-refractivity contribution in [2.75, 3.05) is 20.3 Å². The SMILES string of the molecule is COCCNCc1c(C)nn(Cc2cccc(Cl)c2)c1C. The van der Waals surface area contributed by atoms with Crippen LogP contribution in [0.5, 0.6) is 0 Å². The smallest absolute Gasteiger partial charge is 0.0663 e. The average molecular weight is 308 g/mol. The molecule has 4 nitrogen and oxygen atoms in total. The first-order chi connectivity index (χ1) is 10.1. The zero-order valence-electron chi connectivity index (χ0n) is 12.8. The van der Waals surface area contributed by atoms with Crippen molar-refractivity contribution in [1.82, 2.24) is 15.1 Å². The van der Waals surface area contributed by atoms with Gasteiger partial charge in [0.15, 0.2) is 0 Å². The zero-order chi connectivity index (χ0) is 15.2. The highest BCUT2D eigenvalue weighted by Crippen LogP contribution is 2.16. The summed E-state index contributed by atoms with van der Waals surface area (Å²) in [5.74, 6) is 0. The molecule has 0 radical (unpaired) electrons. The van der Waals surface area contributed by atoms with Crippen LogP contribution in [-0.4, -0.2) is 30.0 Å². The molecule has 1 heterocycles. The Morgan fingerprint density at radius 3 is 2.86 bits per heavy atom. The Morgan fingerprint density at radius 1 is 1.33 bits per heavy atom. The number of nitrogens with zero attached hydrogens (tertiary/aromatic N) is 2. The van der Waals surface area contributed by atoms with E-state index < -0.39 is 0 Å². The molecule has 0 atom stereocenters. The van der Waals surface area contributed by atoms with Gasteiger partial charge in [-0.05, 0) is 31.5 Å². The molecule has 1 N–H and O–H groups in total. The zero-order valence-corrected chi connectivity index (χ0v) is 13.6. The predicted octanol–water partition coefficient (Wildman–Crippen LogP) is 2.94. The lowest BCUT2D eigenvalue weighted by Gasteiger charge is -2.07. The lowest BCUT2D eigenvalue weighted by molar-refractivity contribution is 0.199. The molecule has 1 aromatic carbocycles. The third-order valence-electron chi connectivity index (χ3n) is 3.54. The van der Waals surface area contributed by atoms with Gasteiger partial charge in [0.1, 0.15) is 0 Å². The summed E-state index contributed by atoms with van der Waals surface area (Å²) in [5, 5.41) is 8.77. The van der Waals surface area contributed by atoms with Gasteiger partial charge in [0, 0.05) is 36.5 Å². The number of aromatic nitrogens is 2. The maximum atomic E-state index is 6.03. The molecule has 0 bridgehead atoms. The molecule has 21 heavy (non-hydrogen) atoms. The summed E-state index contributed by atoms with van der Waals surface area (Å²) in [6.45, 7) is 7.28. The first-order valence-corrected chi connectivity index (χ1v) is 7.46. The van der Waals surface area contributed by atoms with E-state index in [0.29, 0.717) is 0 Å². The normalized spacial score (nSPS) is 11.0. The minimum atomic E-state index is 0.717. The van der Waals surface area contributed by atoms with E-state index in [1.54, 1.807) is 7.11 Å². The molecular weight excluding hydrogens is 286 g/mol. The standard InChI is InChI=1S/C16H22ClN3O/c1-12-16(10-18-7-8-21-3)13(2)20(19-12)11-14-5-4-6-15(17)9-14/h4-6,9,18H,7-8,10-11H2,1-3H3. The number of halogens is 1. The lowest BCUT2D eigenvalue weighted by Crippen LogP contribution is -2.19. The van der Waals surface area contributed by atoms with E-state index in [1.807, 2.05) is 22.9 Å².